The van der Waals surface area contributed by atoms with Crippen molar-refractivity contribution in [3.63, 3.8) is 0 Å². The number of aryl methyl sites for hydroxylation is 1. The summed E-state index contributed by atoms with van der Waals surface area (Å²) in [4.78, 5) is 4.63. The molecule has 37 heavy (non-hydrogen) atoms. The van der Waals surface area contributed by atoms with Gasteiger partial charge in [-0.3, -0.25) is 0 Å². The first-order valence-corrected chi connectivity index (χ1v) is 14.8. The quantitative estimate of drug-likeness (QED) is 0.192. The fraction of sp³-hybridized carbons (Fsp3) is 0.360. The Morgan fingerprint density at radius 1 is 1.16 bits per heavy atom. The van der Waals surface area contributed by atoms with E-state index in [1.54, 1.807) is 43.3 Å². The molecule has 0 aliphatic heterocycles. The van der Waals surface area contributed by atoms with E-state index >= 15 is 0 Å². The molecule has 0 amide bonds. The SMILES string of the molecule is CCCCC(CC)CNS(=O)(=O)c1ccc(-n2nc(C)c(N=Nc3nc4cc(Cl)ccc4s3)c2N)cc1. The Balaban J connectivity index is 1.50. The fourth-order valence-corrected chi connectivity index (χ4v) is 5.95. The maximum Gasteiger partial charge on any atom is 0.240 e. The number of nitrogens with two attached hydrogens (primary N) is 1. The van der Waals surface area contributed by atoms with Crippen molar-refractivity contribution in [3.05, 3.63) is 53.2 Å². The topological polar surface area (TPSA) is 128 Å². The average Bonchev–Trinajstić information content (AvgIpc) is 3.41. The second-order valence-corrected chi connectivity index (χ2v) is 12.0. The molecule has 0 aliphatic rings. The second kappa shape index (κ2) is 11.7. The normalized spacial score (nSPS) is 13.1. The van der Waals surface area contributed by atoms with Crippen LogP contribution in [0, 0.1) is 12.8 Å². The average molecular weight is 560 g/mol. The number of nitrogens with zero attached hydrogens (tertiary/aromatic N) is 5. The Morgan fingerprint density at radius 3 is 2.62 bits per heavy atom. The molecule has 0 saturated carbocycles. The van der Waals surface area contributed by atoms with Gasteiger partial charge in [0, 0.05) is 11.6 Å². The number of benzene rings is 2. The van der Waals surface area contributed by atoms with Crippen molar-refractivity contribution >= 4 is 59.8 Å². The lowest BCUT2D eigenvalue weighted by atomic mass is 10.00. The van der Waals surface area contributed by atoms with Crippen LogP contribution in [0.1, 0.15) is 45.2 Å². The highest BCUT2D eigenvalue weighted by atomic mass is 35.5. The number of azo groups is 1. The first kappa shape index (κ1) is 27.2. The molecular formula is C25H30ClN7O2S2. The molecule has 196 valence electrons. The molecule has 2 heterocycles. The lowest BCUT2D eigenvalue weighted by Gasteiger charge is -2.15. The lowest BCUT2D eigenvalue weighted by Crippen LogP contribution is -2.29. The van der Waals surface area contributed by atoms with E-state index in [0.717, 1.165) is 35.9 Å². The van der Waals surface area contributed by atoms with Crippen LogP contribution in [0.25, 0.3) is 15.9 Å². The van der Waals surface area contributed by atoms with E-state index in [4.69, 9.17) is 17.3 Å². The number of sulfonamides is 1. The van der Waals surface area contributed by atoms with E-state index < -0.39 is 10.0 Å². The molecule has 1 unspecified atom stereocenters. The van der Waals surface area contributed by atoms with Crippen molar-refractivity contribution in [1.29, 1.82) is 0 Å². The lowest BCUT2D eigenvalue weighted by molar-refractivity contribution is 0.444. The summed E-state index contributed by atoms with van der Waals surface area (Å²) >= 11 is 7.43. The van der Waals surface area contributed by atoms with Crippen LogP contribution in [0.15, 0.2) is 57.6 Å². The van der Waals surface area contributed by atoms with E-state index in [-0.39, 0.29) is 4.90 Å². The minimum absolute atomic E-state index is 0.194. The molecule has 3 N–H and O–H groups in total. The number of anilines is 1. The van der Waals surface area contributed by atoms with Gasteiger partial charge in [0.25, 0.3) is 0 Å². The van der Waals surface area contributed by atoms with Crippen LogP contribution in [-0.2, 0) is 10.0 Å². The maximum absolute atomic E-state index is 12.8. The highest BCUT2D eigenvalue weighted by Gasteiger charge is 2.18. The smallest absolute Gasteiger partial charge is 0.240 e. The Kier molecular flexibility index (Phi) is 8.58. The molecule has 1 atom stereocenters. The van der Waals surface area contributed by atoms with Crippen molar-refractivity contribution in [2.24, 2.45) is 16.1 Å². The number of thiazole rings is 1. The summed E-state index contributed by atoms with van der Waals surface area (Å²) in [5, 5.41) is 14.1. The fourth-order valence-electron chi connectivity index (χ4n) is 3.90. The summed E-state index contributed by atoms with van der Waals surface area (Å²) in [6.07, 6.45) is 4.14. The maximum atomic E-state index is 12.8. The van der Waals surface area contributed by atoms with Crippen molar-refractivity contribution in [3.8, 4) is 5.69 Å². The zero-order chi connectivity index (χ0) is 26.6. The largest absolute Gasteiger partial charge is 0.382 e. The summed E-state index contributed by atoms with van der Waals surface area (Å²) in [7, 11) is -3.61. The van der Waals surface area contributed by atoms with Gasteiger partial charge < -0.3 is 5.73 Å². The molecule has 2 aromatic carbocycles. The van der Waals surface area contributed by atoms with Crippen LogP contribution in [-0.4, -0.2) is 29.7 Å². The van der Waals surface area contributed by atoms with E-state index in [1.807, 2.05) is 6.07 Å². The Morgan fingerprint density at radius 2 is 1.92 bits per heavy atom. The molecule has 0 aliphatic carbocycles. The zero-order valence-corrected chi connectivity index (χ0v) is 23.4. The van der Waals surface area contributed by atoms with Crippen LogP contribution in [0.3, 0.4) is 0 Å². The first-order chi connectivity index (χ1) is 17.7. The number of nitrogens with one attached hydrogen (secondary N) is 1. The van der Waals surface area contributed by atoms with Crippen LogP contribution < -0.4 is 10.5 Å². The van der Waals surface area contributed by atoms with Crippen LogP contribution in [0.4, 0.5) is 16.6 Å². The number of hydrogen-bond acceptors (Lipinski definition) is 8. The highest BCUT2D eigenvalue weighted by Crippen LogP contribution is 2.34. The number of rotatable bonds is 11. The number of nitrogen functional groups attached to an aromatic ring is 1. The van der Waals surface area contributed by atoms with E-state index in [0.29, 0.717) is 45.5 Å². The second-order valence-electron chi connectivity index (χ2n) is 8.80. The number of aromatic nitrogens is 3. The van der Waals surface area contributed by atoms with Crippen LogP contribution in [0.2, 0.25) is 5.02 Å². The van der Waals surface area contributed by atoms with E-state index in [9.17, 15) is 8.42 Å². The summed E-state index contributed by atoms with van der Waals surface area (Å²) < 4.78 is 30.8. The van der Waals surface area contributed by atoms with Crippen molar-refractivity contribution in [1.82, 2.24) is 19.5 Å². The van der Waals surface area contributed by atoms with Gasteiger partial charge in [0.05, 0.1) is 26.5 Å². The van der Waals surface area contributed by atoms with Crippen molar-refractivity contribution in [2.75, 3.05) is 12.3 Å². The third-order valence-electron chi connectivity index (χ3n) is 6.13. The van der Waals surface area contributed by atoms with Gasteiger partial charge in [0.15, 0.2) is 11.5 Å². The highest BCUT2D eigenvalue weighted by molar-refractivity contribution is 7.89. The number of hydrogen-bond donors (Lipinski definition) is 2. The van der Waals surface area contributed by atoms with Gasteiger partial charge in [0.2, 0.25) is 15.2 Å². The number of fused-ring (bicyclic) bond motifs is 1. The van der Waals surface area contributed by atoms with E-state index in [2.05, 4.69) is 38.9 Å². The molecule has 0 saturated heterocycles. The molecule has 12 heteroatoms. The predicted molar refractivity (Wildman–Crippen MR) is 150 cm³/mol. The molecule has 9 nitrogen and oxygen atoms in total. The molecule has 4 aromatic rings. The molecule has 2 aromatic heterocycles. The van der Waals surface area contributed by atoms with Crippen molar-refractivity contribution < 1.29 is 8.42 Å². The van der Waals surface area contributed by atoms with Gasteiger partial charge in [-0.25, -0.2) is 22.8 Å². The van der Waals surface area contributed by atoms with E-state index in [1.165, 1.54) is 16.0 Å². The van der Waals surface area contributed by atoms with Gasteiger partial charge in [-0.05, 0) is 61.7 Å². The molecule has 0 spiro atoms. The molecule has 4 rings (SSSR count). The Bertz CT molecular complexity index is 1510. The Labute approximate surface area is 225 Å². The van der Waals surface area contributed by atoms with Crippen molar-refractivity contribution in [2.45, 2.75) is 51.3 Å². The minimum atomic E-state index is -3.61. The molecule has 0 bridgehead atoms. The van der Waals surface area contributed by atoms with Gasteiger partial charge >= 0.3 is 0 Å². The zero-order valence-electron chi connectivity index (χ0n) is 21.0. The number of unbranched alkanes of at least 4 members (excludes halogenated alkanes) is 1. The molecule has 0 radical (unpaired) electrons. The molecule has 0 fully saturated rings. The Hall–Kier alpha value is -2.86. The predicted octanol–water partition coefficient (Wildman–Crippen LogP) is 6.94. The van der Waals surface area contributed by atoms with Gasteiger partial charge in [-0.1, -0.05) is 56.0 Å². The summed E-state index contributed by atoms with van der Waals surface area (Å²) in [6, 6.07) is 11.9. The van der Waals surface area contributed by atoms with Crippen LogP contribution >= 0.6 is 22.9 Å². The molecular weight excluding hydrogens is 530 g/mol. The van der Waals surface area contributed by atoms with Crippen LogP contribution in [0.5, 0.6) is 0 Å². The summed E-state index contributed by atoms with van der Waals surface area (Å²) in [5.74, 6) is 0.620. The summed E-state index contributed by atoms with van der Waals surface area (Å²) in [6.45, 7) is 6.44. The first-order valence-electron chi connectivity index (χ1n) is 12.1. The van der Waals surface area contributed by atoms with Gasteiger partial charge in [-0.2, -0.15) is 5.10 Å². The third kappa shape index (κ3) is 6.35. The number of halogens is 1. The standard InChI is InChI=1S/C25H30ClN7O2S2/c1-4-6-7-17(5-2)15-28-37(34,35)20-11-9-19(10-12-20)33-24(27)23(16(3)32-33)30-31-25-29-21-14-18(26)8-13-22(21)36-25/h8-14,17,28H,4-7,15,27H2,1-3H3. The summed E-state index contributed by atoms with van der Waals surface area (Å²) in [5.41, 5.74) is 8.71. The monoisotopic (exact) mass is 559 g/mol. The van der Waals surface area contributed by atoms with Gasteiger partial charge in [-0.15, -0.1) is 10.2 Å². The van der Waals surface area contributed by atoms with Gasteiger partial charge in [0.1, 0.15) is 0 Å². The third-order valence-corrected chi connectivity index (χ3v) is 8.73. The minimum Gasteiger partial charge on any atom is -0.382 e.